The van der Waals surface area contributed by atoms with E-state index in [2.05, 4.69) is 20.6 Å². The summed E-state index contributed by atoms with van der Waals surface area (Å²) in [6.45, 7) is 1.76. The Morgan fingerprint density at radius 3 is 2.67 bits per heavy atom. The molecule has 3 N–H and O–H groups in total. The van der Waals surface area contributed by atoms with E-state index < -0.39 is 11.9 Å². The van der Waals surface area contributed by atoms with Gasteiger partial charge in [0.2, 0.25) is 0 Å². The zero-order valence-corrected chi connectivity index (χ0v) is 13.1. The number of benzene rings is 1. The average molecular weight is 326 g/mol. The first-order chi connectivity index (χ1) is 11.5. The maximum absolute atomic E-state index is 13.9. The van der Waals surface area contributed by atoms with E-state index >= 15 is 0 Å². The van der Waals surface area contributed by atoms with Crippen LogP contribution in [0.2, 0.25) is 0 Å². The van der Waals surface area contributed by atoms with Crippen molar-refractivity contribution in [3.8, 4) is 11.1 Å². The molecule has 0 bridgehead atoms. The summed E-state index contributed by atoms with van der Waals surface area (Å²) in [5.41, 5.74) is 2.83. The van der Waals surface area contributed by atoms with Crippen molar-refractivity contribution in [1.82, 2.24) is 9.97 Å². The molecule has 2 aromatic heterocycles. The molecule has 24 heavy (non-hydrogen) atoms. The molecular weight excluding hydrogens is 311 g/mol. The topological polar surface area (TPSA) is 87.1 Å². The van der Waals surface area contributed by atoms with Crippen LogP contribution in [0, 0.1) is 12.7 Å². The van der Waals surface area contributed by atoms with Crippen molar-refractivity contribution in [3.05, 3.63) is 48.0 Å². The van der Waals surface area contributed by atoms with E-state index in [0.29, 0.717) is 16.9 Å². The number of carbonyl (C=O) groups is 1. The van der Waals surface area contributed by atoms with Crippen molar-refractivity contribution in [2.24, 2.45) is 0 Å². The predicted molar refractivity (Wildman–Crippen MR) is 90.9 cm³/mol. The molecular formula is C17H15FN4O2. The van der Waals surface area contributed by atoms with E-state index in [1.807, 2.05) is 12.1 Å². The molecule has 122 valence electrons. The van der Waals surface area contributed by atoms with Gasteiger partial charge in [0.25, 0.3) is 0 Å². The van der Waals surface area contributed by atoms with Crippen LogP contribution in [-0.4, -0.2) is 28.2 Å². The van der Waals surface area contributed by atoms with Crippen molar-refractivity contribution in [3.63, 3.8) is 0 Å². The lowest BCUT2D eigenvalue weighted by molar-refractivity contribution is 0.209. The number of aryl methyl sites for hydroxylation is 1. The molecule has 0 fully saturated rings. The van der Waals surface area contributed by atoms with Crippen molar-refractivity contribution in [1.29, 1.82) is 0 Å². The van der Waals surface area contributed by atoms with Crippen LogP contribution in [0.1, 0.15) is 5.56 Å². The highest BCUT2D eigenvalue weighted by Crippen LogP contribution is 2.30. The minimum atomic E-state index is -1.32. The molecule has 0 atom stereocenters. The Morgan fingerprint density at radius 2 is 1.96 bits per heavy atom. The summed E-state index contributed by atoms with van der Waals surface area (Å²) in [6, 6.07) is 6.48. The van der Waals surface area contributed by atoms with Gasteiger partial charge in [0.15, 0.2) is 0 Å². The number of amides is 1. The molecule has 0 aliphatic heterocycles. The fourth-order valence-corrected chi connectivity index (χ4v) is 2.50. The lowest BCUT2D eigenvalue weighted by Crippen LogP contribution is -2.09. The fourth-order valence-electron chi connectivity index (χ4n) is 2.50. The third-order valence-electron chi connectivity index (χ3n) is 3.69. The summed E-state index contributed by atoms with van der Waals surface area (Å²) in [5, 5.41) is 14.7. The monoisotopic (exact) mass is 326 g/mol. The molecule has 0 saturated carbocycles. The lowest BCUT2D eigenvalue weighted by Gasteiger charge is -2.11. The number of nitrogens with one attached hydrogen (secondary N) is 2. The molecule has 7 heteroatoms. The number of anilines is 2. The molecule has 1 aromatic carbocycles. The summed E-state index contributed by atoms with van der Waals surface area (Å²) in [4.78, 5) is 19.4. The second-order valence-corrected chi connectivity index (χ2v) is 5.31. The fraction of sp³-hybridized carbons (Fsp3) is 0.118. The summed E-state index contributed by atoms with van der Waals surface area (Å²) in [7, 11) is 1.78. The highest BCUT2D eigenvalue weighted by atomic mass is 19.1. The number of rotatable bonds is 3. The molecule has 0 spiro atoms. The Hall–Kier alpha value is -3.22. The van der Waals surface area contributed by atoms with Gasteiger partial charge >= 0.3 is 6.09 Å². The molecule has 1 amide bonds. The SMILES string of the molecule is CNc1cc2ncc(-c3cc(NC(=O)O)c(F)cc3C)cc2cn1. The largest absolute Gasteiger partial charge is 0.465 e. The normalized spacial score (nSPS) is 10.6. The zero-order valence-electron chi connectivity index (χ0n) is 13.1. The molecule has 0 aliphatic carbocycles. The van der Waals surface area contributed by atoms with Crippen LogP contribution >= 0.6 is 0 Å². The van der Waals surface area contributed by atoms with E-state index in [4.69, 9.17) is 5.11 Å². The van der Waals surface area contributed by atoms with Crippen molar-refractivity contribution in [2.45, 2.75) is 6.92 Å². The van der Waals surface area contributed by atoms with Crippen LogP contribution in [-0.2, 0) is 0 Å². The molecule has 0 aliphatic rings. The number of hydrogen-bond donors (Lipinski definition) is 3. The first kappa shape index (κ1) is 15.7. The van der Waals surface area contributed by atoms with Gasteiger partial charge in [0.1, 0.15) is 11.6 Å². The van der Waals surface area contributed by atoms with Crippen molar-refractivity contribution in [2.75, 3.05) is 17.7 Å². The molecule has 6 nitrogen and oxygen atoms in total. The Labute approximate surface area is 137 Å². The highest BCUT2D eigenvalue weighted by molar-refractivity contribution is 5.88. The van der Waals surface area contributed by atoms with Crippen LogP contribution < -0.4 is 10.6 Å². The second kappa shape index (κ2) is 6.11. The van der Waals surface area contributed by atoms with Gasteiger partial charge in [-0.3, -0.25) is 10.3 Å². The van der Waals surface area contributed by atoms with Gasteiger partial charge < -0.3 is 10.4 Å². The number of hydrogen-bond acceptors (Lipinski definition) is 4. The van der Waals surface area contributed by atoms with Gasteiger partial charge in [-0.2, -0.15) is 0 Å². The maximum Gasteiger partial charge on any atom is 0.409 e. The zero-order chi connectivity index (χ0) is 17.3. The molecule has 0 unspecified atom stereocenters. The third-order valence-corrected chi connectivity index (χ3v) is 3.69. The quantitative estimate of drug-likeness (QED) is 0.680. The first-order valence-electron chi connectivity index (χ1n) is 7.22. The Kier molecular flexibility index (Phi) is 3.99. The average Bonchev–Trinajstić information content (AvgIpc) is 2.56. The summed E-state index contributed by atoms with van der Waals surface area (Å²) in [5.74, 6) is 0.0985. The van der Waals surface area contributed by atoms with E-state index in [9.17, 15) is 9.18 Å². The number of pyridine rings is 2. The lowest BCUT2D eigenvalue weighted by atomic mass is 10.00. The van der Waals surface area contributed by atoms with E-state index in [1.165, 1.54) is 12.1 Å². The van der Waals surface area contributed by atoms with Gasteiger partial charge in [-0.25, -0.2) is 14.2 Å². The number of fused-ring (bicyclic) bond motifs is 1. The van der Waals surface area contributed by atoms with Gasteiger partial charge in [-0.1, -0.05) is 0 Å². The smallest absolute Gasteiger partial charge is 0.409 e. The number of aromatic nitrogens is 2. The summed E-state index contributed by atoms with van der Waals surface area (Å²) < 4.78 is 13.9. The van der Waals surface area contributed by atoms with Crippen molar-refractivity contribution >= 4 is 28.5 Å². The van der Waals surface area contributed by atoms with Crippen LogP contribution in [0.25, 0.3) is 22.0 Å². The predicted octanol–water partition coefficient (Wildman–Crippen LogP) is 3.88. The van der Waals surface area contributed by atoms with Gasteiger partial charge in [0.05, 0.1) is 11.2 Å². The molecule has 3 aromatic rings. The van der Waals surface area contributed by atoms with Crippen LogP contribution in [0.5, 0.6) is 0 Å². The van der Waals surface area contributed by atoms with Crippen LogP contribution in [0.4, 0.5) is 20.7 Å². The van der Waals surface area contributed by atoms with Gasteiger partial charge in [-0.05, 0) is 36.2 Å². The molecule has 0 saturated heterocycles. The first-order valence-corrected chi connectivity index (χ1v) is 7.22. The van der Waals surface area contributed by atoms with E-state index in [-0.39, 0.29) is 5.69 Å². The van der Waals surface area contributed by atoms with E-state index in [1.54, 1.807) is 26.4 Å². The minimum Gasteiger partial charge on any atom is -0.465 e. The Balaban J connectivity index is 2.10. The molecule has 3 rings (SSSR count). The van der Waals surface area contributed by atoms with E-state index in [0.717, 1.165) is 16.5 Å². The highest BCUT2D eigenvalue weighted by Gasteiger charge is 2.12. The third kappa shape index (κ3) is 2.96. The number of nitrogens with zero attached hydrogens (tertiary/aromatic N) is 2. The molecule has 2 heterocycles. The standard InChI is InChI=1S/C17H15FN4O2/c1-9-3-13(18)15(22-17(23)24)5-12(9)10-4-11-8-21-16(19-2)6-14(11)20-7-10/h3-8,22H,1-2H3,(H,19,21)(H,23,24). The molecule has 0 radical (unpaired) electrons. The minimum absolute atomic E-state index is 0.0909. The number of carboxylic acid groups (broad SMARTS) is 1. The summed E-state index contributed by atoms with van der Waals surface area (Å²) in [6.07, 6.45) is 2.06. The maximum atomic E-state index is 13.9. The summed E-state index contributed by atoms with van der Waals surface area (Å²) >= 11 is 0. The second-order valence-electron chi connectivity index (χ2n) is 5.31. The van der Waals surface area contributed by atoms with Crippen LogP contribution in [0.15, 0.2) is 36.7 Å². The Morgan fingerprint density at radius 1 is 1.17 bits per heavy atom. The van der Waals surface area contributed by atoms with Crippen molar-refractivity contribution < 1.29 is 14.3 Å². The van der Waals surface area contributed by atoms with Gasteiger partial charge in [-0.15, -0.1) is 0 Å². The Bertz CT molecular complexity index is 943. The van der Waals surface area contributed by atoms with Crippen LogP contribution in [0.3, 0.4) is 0 Å². The number of halogens is 1. The van der Waals surface area contributed by atoms with Gasteiger partial charge in [0, 0.05) is 36.5 Å².